The number of rotatable bonds is 3. The quantitative estimate of drug-likeness (QED) is 0.200. The van der Waals surface area contributed by atoms with Crippen LogP contribution in [0, 0.1) is 0 Å². The van der Waals surface area contributed by atoms with Crippen molar-refractivity contribution in [1.29, 1.82) is 0 Å². The molecule has 0 atom stereocenters. The van der Waals surface area contributed by atoms with Crippen LogP contribution in [0.4, 0.5) is 0 Å². The molecule has 0 radical (unpaired) electrons. The Hall–Kier alpha value is -5.64. The largest absolute Gasteiger partial charge is 0.454 e. The SMILES string of the molecule is c1ccc2c(c1)oc1c2ccc2c3ccccc3n(-c3ccc(-c4ccc(-c5ccc6c(c5)sc5ccccc56)cc4)cc3)c21. The molecule has 0 aliphatic carbocycles. The highest BCUT2D eigenvalue weighted by molar-refractivity contribution is 7.25. The number of nitrogens with zero attached hydrogens (tertiary/aromatic N) is 1. The van der Waals surface area contributed by atoms with Gasteiger partial charge in [0.05, 0.1) is 11.0 Å². The molecule has 0 spiro atoms. The molecule has 0 saturated carbocycles. The Morgan fingerprint density at radius 1 is 0.422 bits per heavy atom. The molecule has 10 rings (SSSR count). The maximum Gasteiger partial charge on any atom is 0.160 e. The van der Waals surface area contributed by atoms with E-state index in [-0.39, 0.29) is 0 Å². The molecule has 0 amide bonds. The van der Waals surface area contributed by atoms with Crippen molar-refractivity contribution in [2.45, 2.75) is 0 Å². The van der Waals surface area contributed by atoms with Crippen LogP contribution in [0.3, 0.4) is 0 Å². The molecule has 3 aromatic heterocycles. The van der Waals surface area contributed by atoms with Crippen LogP contribution in [0.25, 0.3) is 91.9 Å². The topological polar surface area (TPSA) is 18.1 Å². The van der Waals surface area contributed by atoms with Crippen LogP contribution in [-0.4, -0.2) is 4.57 Å². The van der Waals surface area contributed by atoms with E-state index in [1.807, 2.05) is 17.4 Å². The van der Waals surface area contributed by atoms with E-state index in [1.165, 1.54) is 58.7 Å². The molecule has 7 aromatic carbocycles. The zero-order valence-electron chi connectivity index (χ0n) is 24.2. The highest BCUT2D eigenvalue weighted by Crippen LogP contribution is 2.41. The highest BCUT2D eigenvalue weighted by atomic mass is 32.1. The van der Waals surface area contributed by atoms with Gasteiger partial charge in [0.2, 0.25) is 0 Å². The second-order valence-electron chi connectivity index (χ2n) is 11.7. The smallest absolute Gasteiger partial charge is 0.160 e. The normalized spacial score (nSPS) is 12.0. The zero-order valence-corrected chi connectivity index (χ0v) is 25.0. The Balaban J connectivity index is 1.05. The minimum atomic E-state index is 0.916. The summed E-state index contributed by atoms with van der Waals surface area (Å²) in [5.74, 6) is 0. The Labute approximate surface area is 263 Å². The second kappa shape index (κ2) is 9.43. The monoisotopic (exact) mass is 591 g/mol. The molecule has 0 N–H and O–H groups in total. The number of fused-ring (bicyclic) bond motifs is 10. The summed E-state index contributed by atoms with van der Waals surface area (Å²) in [6, 6.07) is 54.7. The van der Waals surface area contributed by atoms with E-state index < -0.39 is 0 Å². The molecular formula is C42H25NOS. The van der Waals surface area contributed by atoms with Gasteiger partial charge < -0.3 is 8.98 Å². The van der Waals surface area contributed by atoms with Crippen molar-refractivity contribution in [3.8, 4) is 27.9 Å². The van der Waals surface area contributed by atoms with Crippen LogP contribution in [0.1, 0.15) is 0 Å². The van der Waals surface area contributed by atoms with Gasteiger partial charge in [0.1, 0.15) is 5.58 Å². The fraction of sp³-hybridized carbons (Fsp3) is 0. The van der Waals surface area contributed by atoms with Gasteiger partial charge >= 0.3 is 0 Å². The molecule has 2 nitrogen and oxygen atoms in total. The maximum absolute atomic E-state index is 6.52. The molecule has 0 saturated heterocycles. The molecule has 3 heterocycles. The van der Waals surface area contributed by atoms with Gasteiger partial charge in [-0.05, 0) is 64.7 Å². The van der Waals surface area contributed by atoms with E-state index in [0.717, 1.165) is 33.1 Å². The summed E-state index contributed by atoms with van der Waals surface area (Å²) in [6.07, 6.45) is 0. The number of aromatic nitrogens is 1. The number of hydrogen-bond acceptors (Lipinski definition) is 2. The summed E-state index contributed by atoms with van der Waals surface area (Å²) >= 11 is 1.87. The minimum Gasteiger partial charge on any atom is -0.454 e. The molecule has 0 aliphatic heterocycles. The number of benzene rings is 7. The van der Waals surface area contributed by atoms with Crippen molar-refractivity contribution in [3.63, 3.8) is 0 Å². The van der Waals surface area contributed by atoms with Crippen molar-refractivity contribution < 1.29 is 4.42 Å². The van der Waals surface area contributed by atoms with Crippen LogP contribution in [0.15, 0.2) is 156 Å². The number of thiophene rings is 1. The summed E-state index contributed by atoms with van der Waals surface area (Å²) in [6.45, 7) is 0. The Morgan fingerprint density at radius 2 is 1.00 bits per heavy atom. The second-order valence-corrected chi connectivity index (χ2v) is 12.8. The predicted octanol–water partition coefficient (Wildman–Crippen LogP) is 12.4. The summed E-state index contributed by atoms with van der Waals surface area (Å²) in [5.41, 5.74) is 10.1. The van der Waals surface area contributed by atoms with Gasteiger partial charge in [-0.15, -0.1) is 11.3 Å². The molecule has 3 heteroatoms. The van der Waals surface area contributed by atoms with Crippen LogP contribution in [-0.2, 0) is 0 Å². The van der Waals surface area contributed by atoms with Gasteiger partial charge in [-0.1, -0.05) is 109 Å². The first kappa shape index (κ1) is 24.8. The lowest BCUT2D eigenvalue weighted by Crippen LogP contribution is -1.94. The van der Waals surface area contributed by atoms with Crippen LogP contribution in [0.5, 0.6) is 0 Å². The molecule has 0 aliphatic rings. The molecule has 0 fully saturated rings. The average Bonchev–Trinajstić information content (AvgIpc) is 3.78. The first-order chi connectivity index (χ1) is 22.3. The van der Waals surface area contributed by atoms with E-state index in [1.54, 1.807) is 0 Å². The maximum atomic E-state index is 6.52. The van der Waals surface area contributed by atoms with Gasteiger partial charge in [-0.2, -0.15) is 0 Å². The number of furan rings is 1. The third-order valence-corrected chi connectivity index (χ3v) is 10.4. The Bertz CT molecular complexity index is 2740. The van der Waals surface area contributed by atoms with Crippen molar-refractivity contribution in [2.24, 2.45) is 0 Å². The van der Waals surface area contributed by atoms with Crippen LogP contribution in [0.2, 0.25) is 0 Å². The van der Waals surface area contributed by atoms with Gasteiger partial charge in [0, 0.05) is 47.4 Å². The van der Waals surface area contributed by atoms with Gasteiger partial charge in [-0.3, -0.25) is 0 Å². The third kappa shape index (κ3) is 3.68. The Morgan fingerprint density at radius 3 is 1.82 bits per heavy atom. The molecular weight excluding hydrogens is 567 g/mol. The zero-order chi connectivity index (χ0) is 29.5. The van der Waals surface area contributed by atoms with Crippen molar-refractivity contribution >= 4 is 75.3 Å². The molecule has 210 valence electrons. The van der Waals surface area contributed by atoms with E-state index in [4.69, 9.17) is 4.42 Å². The number of para-hydroxylation sites is 2. The lowest BCUT2D eigenvalue weighted by atomic mass is 9.99. The van der Waals surface area contributed by atoms with Crippen molar-refractivity contribution in [2.75, 3.05) is 0 Å². The minimum absolute atomic E-state index is 0.916. The highest BCUT2D eigenvalue weighted by Gasteiger charge is 2.18. The van der Waals surface area contributed by atoms with Gasteiger partial charge in [0.15, 0.2) is 5.58 Å². The fourth-order valence-corrected chi connectivity index (χ4v) is 8.21. The lowest BCUT2D eigenvalue weighted by molar-refractivity contribution is 0.671. The van der Waals surface area contributed by atoms with Gasteiger partial charge in [0.25, 0.3) is 0 Å². The van der Waals surface area contributed by atoms with Crippen LogP contribution < -0.4 is 0 Å². The predicted molar refractivity (Wildman–Crippen MR) is 192 cm³/mol. The average molecular weight is 592 g/mol. The first-order valence-corrected chi connectivity index (χ1v) is 16.1. The van der Waals surface area contributed by atoms with Crippen molar-refractivity contribution in [3.05, 3.63) is 152 Å². The van der Waals surface area contributed by atoms with E-state index in [0.29, 0.717) is 0 Å². The fourth-order valence-electron chi connectivity index (χ4n) is 7.06. The first-order valence-electron chi connectivity index (χ1n) is 15.3. The Kier molecular flexibility index (Phi) is 5.19. The van der Waals surface area contributed by atoms with E-state index in [2.05, 4.69) is 150 Å². The van der Waals surface area contributed by atoms with Gasteiger partial charge in [-0.25, -0.2) is 0 Å². The number of hydrogen-bond donors (Lipinski definition) is 0. The molecule has 10 aromatic rings. The van der Waals surface area contributed by atoms with E-state index >= 15 is 0 Å². The molecule has 0 unspecified atom stereocenters. The molecule has 45 heavy (non-hydrogen) atoms. The summed E-state index contributed by atoms with van der Waals surface area (Å²) < 4.78 is 11.5. The standard InChI is InChI=1S/C42H25NOS/c1-4-10-37-31(7-1)35-23-24-36-32-8-2-5-11-38(32)44-42(36)41(35)43(37)30-20-17-27(18-21-30)26-13-15-28(16-14-26)29-19-22-34-33-9-3-6-12-39(33)45-40(34)25-29/h1-25H. The summed E-state index contributed by atoms with van der Waals surface area (Å²) in [4.78, 5) is 0. The third-order valence-electron chi connectivity index (χ3n) is 9.24. The van der Waals surface area contributed by atoms with E-state index in [9.17, 15) is 0 Å². The van der Waals surface area contributed by atoms with Crippen LogP contribution >= 0.6 is 11.3 Å². The summed E-state index contributed by atoms with van der Waals surface area (Å²) in [7, 11) is 0. The van der Waals surface area contributed by atoms with Crippen molar-refractivity contribution in [1.82, 2.24) is 4.57 Å². The molecule has 0 bridgehead atoms. The summed E-state index contributed by atoms with van der Waals surface area (Å²) in [5, 5.41) is 7.39. The lowest BCUT2D eigenvalue weighted by Gasteiger charge is -2.10.